The zero-order valence-corrected chi connectivity index (χ0v) is 14.2. The molecule has 0 aromatic heterocycles. The number of anilines is 1. The van der Waals surface area contributed by atoms with E-state index in [1.165, 1.54) is 31.2 Å². The predicted molar refractivity (Wildman–Crippen MR) is 89.7 cm³/mol. The van der Waals surface area contributed by atoms with Gasteiger partial charge in [0.15, 0.2) is 6.10 Å². The normalized spacial score (nSPS) is 12.0. The molecule has 2 rings (SSSR count). The second-order valence-corrected chi connectivity index (χ2v) is 5.41. The molecule has 148 valence electrons. The third kappa shape index (κ3) is 5.97. The van der Waals surface area contributed by atoms with Crippen molar-refractivity contribution in [1.82, 2.24) is 0 Å². The molecule has 0 fully saturated rings. The number of halogens is 3. The van der Waals surface area contributed by atoms with E-state index in [2.05, 4.69) is 10.1 Å². The molecule has 2 aromatic rings. The van der Waals surface area contributed by atoms with E-state index in [0.29, 0.717) is 0 Å². The molecule has 1 unspecified atom stereocenters. The van der Waals surface area contributed by atoms with Crippen LogP contribution in [-0.2, 0) is 9.53 Å². The van der Waals surface area contributed by atoms with Crippen LogP contribution in [0.4, 0.5) is 24.5 Å². The molecule has 8 nitrogen and oxygen atoms in total. The Labute approximate surface area is 156 Å². The van der Waals surface area contributed by atoms with Crippen molar-refractivity contribution in [3.05, 3.63) is 64.2 Å². The summed E-state index contributed by atoms with van der Waals surface area (Å²) >= 11 is 0. The van der Waals surface area contributed by atoms with Crippen LogP contribution in [0.2, 0.25) is 0 Å². The molecule has 2 aromatic carbocycles. The topological polar surface area (TPSA) is 108 Å². The summed E-state index contributed by atoms with van der Waals surface area (Å²) < 4.78 is 45.0. The summed E-state index contributed by atoms with van der Waals surface area (Å²) in [5.74, 6) is -2.05. The molecule has 28 heavy (non-hydrogen) atoms. The van der Waals surface area contributed by atoms with Crippen LogP contribution < -0.4 is 10.1 Å². The number of non-ortho nitro benzene ring substituents is 1. The van der Waals surface area contributed by atoms with Crippen molar-refractivity contribution in [2.24, 2.45) is 0 Å². The highest BCUT2D eigenvalue weighted by atomic mass is 19.4. The average molecular weight is 398 g/mol. The minimum Gasteiger partial charge on any atom is -0.449 e. The minimum absolute atomic E-state index is 0.0129. The Kier molecular flexibility index (Phi) is 6.18. The van der Waals surface area contributed by atoms with Crippen molar-refractivity contribution in [3.8, 4) is 5.75 Å². The highest BCUT2D eigenvalue weighted by Crippen LogP contribution is 2.24. The van der Waals surface area contributed by atoms with Crippen molar-refractivity contribution in [2.75, 3.05) is 5.32 Å². The Morgan fingerprint density at radius 3 is 2.14 bits per heavy atom. The lowest BCUT2D eigenvalue weighted by Gasteiger charge is -2.14. The van der Waals surface area contributed by atoms with Gasteiger partial charge in [-0.05, 0) is 43.3 Å². The number of nitro benzene ring substituents is 1. The van der Waals surface area contributed by atoms with Gasteiger partial charge in [-0.1, -0.05) is 0 Å². The van der Waals surface area contributed by atoms with Gasteiger partial charge in [-0.25, -0.2) is 4.79 Å². The highest BCUT2D eigenvalue weighted by Gasteiger charge is 2.31. The van der Waals surface area contributed by atoms with Gasteiger partial charge in [0.1, 0.15) is 5.75 Å². The van der Waals surface area contributed by atoms with E-state index in [1.807, 2.05) is 0 Å². The second-order valence-electron chi connectivity index (χ2n) is 5.41. The Hall–Kier alpha value is -3.63. The lowest BCUT2D eigenvalue weighted by atomic mass is 10.2. The first kappa shape index (κ1) is 20.7. The Morgan fingerprint density at radius 1 is 1.07 bits per heavy atom. The molecule has 0 saturated heterocycles. The number of carbonyl (C=O) groups excluding carboxylic acids is 2. The number of esters is 1. The number of hydrogen-bond acceptors (Lipinski definition) is 6. The third-order valence-electron chi connectivity index (χ3n) is 3.32. The maximum Gasteiger partial charge on any atom is 0.573 e. The summed E-state index contributed by atoms with van der Waals surface area (Å²) in [6.45, 7) is 1.29. The summed E-state index contributed by atoms with van der Waals surface area (Å²) in [6.07, 6.45) is -6.06. The maximum absolute atomic E-state index is 12.1. The SMILES string of the molecule is CC(OC(=O)c1ccc([N+](=O)[O-])cc1)C(=O)Nc1ccc(OC(F)(F)F)cc1. The number of ether oxygens (including phenoxy) is 2. The molecular weight excluding hydrogens is 385 g/mol. The van der Waals surface area contributed by atoms with Crippen LogP contribution >= 0.6 is 0 Å². The van der Waals surface area contributed by atoms with Gasteiger partial charge in [-0.2, -0.15) is 0 Å². The number of hydrogen-bond donors (Lipinski definition) is 1. The van der Waals surface area contributed by atoms with Crippen molar-refractivity contribution in [1.29, 1.82) is 0 Å². The third-order valence-corrected chi connectivity index (χ3v) is 3.32. The molecule has 0 aliphatic carbocycles. The first-order chi connectivity index (χ1) is 13.0. The lowest BCUT2D eigenvalue weighted by Crippen LogP contribution is -2.30. The lowest BCUT2D eigenvalue weighted by molar-refractivity contribution is -0.384. The fourth-order valence-corrected chi connectivity index (χ4v) is 1.99. The van der Waals surface area contributed by atoms with Gasteiger partial charge in [0.05, 0.1) is 10.5 Å². The van der Waals surface area contributed by atoms with Crippen LogP contribution in [0.3, 0.4) is 0 Å². The first-order valence-electron chi connectivity index (χ1n) is 7.67. The zero-order valence-electron chi connectivity index (χ0n) is 14.2. The highest BCUT2D eigenvalue weighted by molar-refractivity contribution is 5.97. The number of benzene rings is 2. The van der Waals surface area contributed by atoms with E-state index in [4.69, 9.17) is 4.74 Å². The molecule has 0 aliphatic heterocycles. The quantitative estimate of drug-likeness (QED) is 0.452. The molecule has 0 aliphatic rings. The van der Waals surface area contributed by atoms with Crippen molar-refractivity contribution >= 4 is 23.3 Å². The Bertz CT molecular complexity index is 866. The van der Waals surface area contributed by atoms with Gasteiger partial charge in [0.25, 0.3) is 11.6 Å². The van der Waals surface area contributed by atoms with Gasteiger partial charge in [0, 0.05) is 17.8 Å². The van der Waals surface area contributed by atoms with Crippen LogP contribution in [0.15, 0.2) is 48.5 Å². The number of nitro groups is 1. The second kappa shape index (κ2) is 8.37. The van der Waals surface area contributed by atoms with Crippen LogP contribution in [0.5, 0.6) is 5.75 Å². The van der Waals surface area contributed by atoms with Crippen LogP contribution in [-0.4, -0.2) is 29.3 Å². The maximum atomic E-state index is 12.1. The summed E-state index contributed by atoms with van der Waals surface area (Å²) in [4.78, 5) is 34.0. The van der Waals surface area contributed by atoms with E-state index in [-0.39, 0.29) is 16.9 Å². The first-order valence-corrected chi connectivity index (χ1v) is 7.67. The van der Waals surface area contributed by atoms with Crippen molar-refractivity contribution in [2.45, 2.75) is 19.4 Å². The summed E-state index contributed by atoms with van der Waals surface area (Å²) in [5.41, 5.74) is -0.0306. The van der Waals surface area contributed by atoms with Gasteiger partial charge in [-0.3, -0.25) is 14.9 Å². The molecule has 1 N–H and O–H groups in total. The van der Waals surface area contributed by atoms with E-state index in [0.717, 1.165) is 24.3 Å². The molecule has 0 heterocycles. The standard InChI is InChI=1S/C17H13F3N2O6/c1-10(27-16(24)11-2-6-13(7-3-11)22(25)26)15(23)21-12-4-8-14(9-5-12)28-17(18,19)20/h2-10H,1H3,(H,21,23). The predicted octanol–water partition coefficient (Wildman–Crippen LogP) is 3.68. The van der Waals surface area contributed by atoms with Crippen molar-refractivity contribution < 1.29 is 37.2 Å². The van der Waals surface area contributed by atoms with Crippen molar-refractivity contribution in [3.63, 3.8) is 0 Å². The van der Waals surface area contributed by atoms with E-state index < -0.39 is 35.0 Å². The molecule has 0 bridgehead atoms. The molecule has 0 saturated carbocycles. The fourth-order valence-electron chi connectivity index (χ4n) is 1.99. The number of carbonyl (C=O) groups is 2. The van der Waals surface area contributed by atoms with Gasteiger partial charge in [-0.15, -0.1) is 13.2 Å². The molecule has 0 spiro atoms. The molecule has 11 heteroatoms. The van der Waals surface area contributed by atoms with Crippen LogP contribution in [0, 0.1) is 10.1 Å². The average Bonchev–Trinajstić information content (AvgIpc) is 2.62. The Balaban J connectivity index is 1.93. The monoisotopic (exact) mass is 398 g/mol. The Morgan fingerprint density at radius 2 is 1.64 bits per heavy atom. The molecular formula is C17H13F3N2O6. The van der Waals surface area contributed by atoms with E-state index in [1.54, 1.807) is 0 Å². The minimum atomic E-state index is -4.83. The number of alkyl halides is 3. The van der Waals surface area contributed by atoms with E-state index >= 15 is 0 Å². The van der Waals surface area contributed by atoms with Gasteiger partial charge < -0.3 is 14.8 Å². The van der Waals surface area contributed by atoms with Gasteiger partial charge >= 0.3 is 12.3 Å². The van der Waals surface area contributed by atoms with Crippen LogP contribution in [0.25, 0.3) is 0 Å². The summed E-state index contributed by atoms with van der Waals surface area (Å²) in [6, 6.07) is 8.99. The number of nitrogens with zero attached hydrogens (tertiary/aromatic N) is 1. The number of amides is 1. The fraction of sp³-hybridized carbons (Fsp3) is 0.176. The van der Waals surface area contributed by atoms with Crippen LogP contribution in [0.1, 0.15) is 17.3 Å². The van der Waals surface area contributed by atoms with Gasteiger partial charge in [0.2, 0.25) is 0 Å². The summed E-state index contributed by atoms with van der Waals surface area (Å²) in [7, 11) is 0. The molecule has 0 radical (unpaired) electrons. The molecule has 1 amide bonds. The smallest absolute Gasteiger partial charge is 0.449 e. The molecule has 1 atom stereocenters. The number of nitrogens with one attached hydrogen (secondary N) is 1. The van der Waals surface area contributed by atoms with E-state index in [9.17, 15) is 32.9 Å². The number of rotatable bonds is 6. The summed E-state index contributed by atoms with van der Waals surface area (Å²) in [5, 5.41) is 13.0. The zero-order chi connectivity index (χ0) is 20.9. The largest absolute Gasteiger partial charge is 0.573 e.